The molecule has 1 aromatic carbocycles. The van der Waals surface area contributed by atoms with Crippen molar-refractivity contribution in [3.05, 3.63) is 40.7 Å². The van der Waals surface area contributed by atoms with E-state index in [-0.39, 0.29) is 5.82 Å². The van der Waals surface area contributed by atoms with Gasteiger partial charge in [0, 0.05) is 18.0 Å². The van der Waals surface area contributed by atoms with Crippen LogP contribution in [-0.2, 0) is 6.54 Å². The first kappa shape index (κ1) is 12.0. The van der Waals surface area contributed by atoms with E-state index >= 15 is 0 Å². The Morgan fingerprint density at radius 3 is 2.71 bits per heavy atom. The SMILES string of the molecule is CC(C)c1nnc(NCc2ccccc2F)s1. The highest BCUT2D eigenvalue weighted by atomic mass is 32.1. The summed E-state index contributed by atoms with van der Waals surface area (Å²) in [7, 11) is 0. The van der Waals surface area contributed by atoms with Gasteiger partial charge in [-0.2, -0.15) is 0 Å². The van der Waals surface area contributed by atoms with Crippen LogP contribution < -0.4 is 5.32 Å². The second kappa shape index (κ2) is 5.23. The third kappa shape index (κ3) is 3.00. The van der Waals surface area contributed by atoms with E-state index in [2.05, 4.69) is 29.4 Å². The van der Waals surface area contributed by atoms with Crippen molar-refractivity contribution in [3.8, 4) is 0 Å². The Labute approximate surface area is 104 Å². The maximum atomic E-state index is 13.4. The Hall–Kier alpha value is -1.49. The molecule has 2 aromatic rings. The van der Waals surface area contributed by atoms with Gasteiger partial charge in [0.15, 0.2) is 0 Å². The number of hydrogen-bond donors (Lipinski definition) is 1. The van der Waals surface area contributed by atoms with Gasteiger partial charge in [-0.15, -0.1) is 10.2 Å². The van der Waals surface area contributed by atoms with Gasteiger partial charge >= 0.3 is 0 Å². The molecule has 0 bridgehead atoms. The number of halogens is 1. The van der Waals surface area contributed by atoms with Crippen molar-refractivity contribution < 1.29 is 4.39 Å². The van der Waals surface area contributed by atoms with Gasteiger partial charge in [-0.25, -0.2) is 4.39 Å². The molecule has 3 nitrogen and oxygen atoms in total. The van der Waals surface area contributed by atoms with Crippen molar-refractivity contribution in [3.63, 3.8) is 0 Å². The van der Waals surface area contributed by atoms with Crippen LogP contribution in [0.15, 0.2) is 24.3 Å². The van der Waals surface area contributed by atoms with Gasteiger partial charge in [0.2, 0.25) is 5.13 Å². The number of rotatable bonds is 4. The second-order valence-corrected chi connectivity index (χ2v) is 5.05. The molecule has 1 heterocycles. The zero-order valence-electron chi connectivity index (χ0n) is 9.77. The minimum absolute atomic E-state index is 0.200. The number of benzene rings is 1. The summed E-state index contributed by atoms with van der Waals surface area (Å²) < 4.78 is 13.4. The fraction of sp³-hybridized carbons (Fsp3) is 0.333. The van der Waals surface area contributed by atoms with E-state index in [4.69, 9.17) is 0 Å². The monoisotopic (exact) mass is 251 g/mol. The number of hydrogen-bond acceptors (Lipinski definition) is 4. The van der Waals surface area contributed by atoms with Crippen molar-refractivity contribution in [2.45, 2.75) is 26.3 Å². The molecule has 0 spiro atoms. The summed E-state index contributed by atoms with van der Waals surface area (Å²) in [6, 6.07) is 6.71. The first-order valence-electron chi connectivity index (χ1n) is 5.47. The summed E-state index contributed by atoms with van der Waals surface area (Å²) in [4.78, 5) is 0. The van der Waals surface area contributed by atoms with E-state index in [0.717, 1.165) is 10.1 Å². The number of nitrogens with zero attached hydrogens (tertiary/aromatic N) is 2. The minimum atomic E-state index is -0.200. The second-order valence-electron chi connectivity index (χ2n) is 4.05. The number of anilines is 1. The molecule has 1 N–H and O–H groups in total. The predicted molar refractivity (Wildman–Crippen MR) is 67.7 cm³/mol. The molecule has 0 radical (unpaired) electrons. The molecule has 0 aliphatic carbocycles. The molecule has 0 aliphatic heterocycles. The first-order chi connectivity index (χ1) is 8.16. The molecule has 90 valence electrons. The lowest BCUT2D eigenvalue weighted by Crippen LogP contribution is -2.01. The van der Waals surface area contributed by atoms with Crippen molar-refractivity contribution in [1.29, 1.82) is 0 Å². The quantitative estimate of drug-likeness (QED) is 0.904. The van der Waals surface area contributed by atoms with Crippen molar-refractivity contribution in [2.24, 2.45) is 0 Å². The average Bonchev–Trinajstić information content (AvgIpc) is 2.77. The Morgan fingerprint density at radius 1 is 1.29 bits per heavy atom. The summed E-state index contributed by atoms with van der Waals surface area (Å²) in [5.74, 6) is 0.171. The van der Waals surface area contributed by atoms with E-state index in [9.17, 15) is 4.39 Å². The lowest BCUT2D eigenvalue weighted by Gasteiger charge is -2.03. The van der Waals surface area contributed by atoms with Crippen LogP contribution in [0, 0.1) is 5.82 Å². The molecule has 0 unspecified atom stereocenters. The third-order valence-corrected chi connectivity index (χ3v) is 3.50. The fourth-order valence-corrected chi connectivity index (χ4v) is 2.09. The predicted octanol–water partition coefficient (Wildman–Crippen LogP) is 3.41. The molecule has 0 atom stereocenters. The van der Waals surface area contributed by atoms with Gasteiger partial charge in [0.05, 0.1) is 0 Å². The molecular weight excluding hydrogens is 237 g/mol. The van der Waals surface area contributed by atoms with Gasteiger partial charge < -0.3 is 5.32 Å². The average molecular weight is 251 g/mol. The third-order valence-electron chi connectivity index (χ3n) is 2.32. The largest absolute Gasteiger partial charge is 0.356 e. The highest BCUT2D eigenvalue weighted by Crippen LogP contribution is 2.22. The van der Waals surface area contributed by atoms with Crippen LogP contribution in [0.3, 0.4) is 0 Å². The molecule has 0 amide bonds. The number of aromatic nitrogens is 2. The first-order valence-corrected chi connectivity index (χ1v) is 6.29. The van der Waals surface area contributed by atoms with Crippen LogP contribution in [0.5, 0.6) is 0 Å². The van der Waals surface area contributed by atoms with Gasteiger partial charge in [-0.1, -0.05) is 43.4 Å². The molecular formula is C12H14FN3S. The van der Waals surface area contributed by atoms with E-state index in [1.165, 1.54) is 17.4 Å². The normalized spacial score (nSPS) is 10.8. The van der Waals surface area contributed by atoms with Crippen LogP contribution >= 0.6 is 11.3 Å². The molecule has 0 saturated heterocycles. The zero-order chi connectivity index (χ0) is 12.3. The Kier molecular flexibility index (Phi) is 3.68. The summed E-state index contributed by atoms with van der Waals surface area (Å²) >= 11 is 1.51. The van der Waals surface area contributed by atoms with Crippen LogP contribution in [0.1, 0.15) is 30.3 Å². The highest BCUT2D eigenvalue weighted by molar-refractivity contribution is 7.15. The highest BCUT2D eigenvalue weighted by Gasteiger charge is 2.07. The summed E-state index contributed by atoms with van der Waals surface area (Å²) in [6.45, 7) is 4.57. The van der Waals surface area contributed by atoms with Gasteiger partial charge in [-0.3, -0.25) is 0 Å². The van der Waals surface area contributed by atoms with Gasteiger partial charge in [-0.05, 0) is 6.07 Å². The maximum absolute atomic E-state index is 13.4. The van der Waals surface area contributed by atoms with Crippen LogP contribution in [0.4, 0.5) is 9.52 Å². The fourth-order valence-electron chi connectivity index (χ4n) is 1.35. The van der Waals surface area contributed by atoms with E-state index in [1.54, 1.807) is 12.1 Å². The van der Waals surface area contributed by atoms with Gasteiger partial charge in [0.1, 0.15) is 10.8 Å². The molecule has 17 heavy (non-hydrogen) atoms. The summed E-state index contributed by atoms with van der Waals surface area (Å²) in [5, 5.41) is 12.9. The molecule has 1 aromatic heterocycles. The van der Waals surface area contributed by atoms with Crippen LogP contribution in [0.2, 0.25) is 0 Å². The van der Waals surface area contributed by atoms with E-state index < -0.39 is 0 Å². The van der Waals surface area contributed by atoms with Crippen molar-refractivity contribution >= 4 is 16.5 Å². The van der Waals surface area contributed by atoms with Gasteiger partial charge in [0.25, 0.3) is 0 Å². The summed E-state index contributed by atoms with van der Waals surface area (Å²) in [5.41, 5.74) is 0.633. The van der Waals surface area contributed by atoms with Crippen LogP contribution in [-0.4, -0.2) is 10.2 Å². The van der Waals surface area contributed by atoms with E-state index in [0.29, 0.717) is 18.0 Å². The molecule has 0 saturated carbocycles. The van der Waals surface area contributed by atoms with E-state index in [1.807, 2.05) is 6.07 Å². The smallest absolute Gasteiger partial charge is 0.205 e. The minimum Gasteiger partial charge on any atom is -0.356 e. The molecule has 5 heteroatoms. The Balaban J connectivity index is 2.00. The molecule has 2 rings (SSSR count). The Morgan fingerprint density at radius 2 is 2.06 bits per heavy atom. The van der Waals surface area contributed by atoms with Crippen LogP contribution in [0.25, 0.3) is 0 Å². The zero-order valence-corrected chi connectivity index (χ0v) is 10.6. The standard InChI is InChI=1S/C12H14FN3S/c1-8(2)11-15-16-12(17-11)14-7-9-5-3-4-6-10(9)13/h3-6,8H,7H2,1-2H3,(H,14,16). The lowest BCUT2D eigenvalue weighted by atomic mass is 10.2. The number of nitrogens with one attached hydrogen (secondary N) is 1. The maximum Gasteiger partial charge on any atom is 0.205 e. The Bertz CT molecular complexity index is 496. The topological polar surface area (TPSA) is 37.8 Å². The molecule has 0 aliphatic rings. The summed E-state index contributed by atoms with van der Waals surface area (Å²) in [6.07, 6.45) is 0. The lowest BCUT2D eigenvalue weighted by molar-refractivity contribution is 0.613. The van der Waals surface area contributed by atoms with Crippen molar-refractivity contribution in [2.75, 3.05) is 5.32 Å². The van der Waals surface area contributed by atoms with Crippen molar-refractivity contribution in [1.82, 2.24) is 10.2 Å². The molecule has 0 fully saturated rings.